The minimum atomic E-state index is 0.119. The quantitative estimate of drug-likeness (QED) is 0.485. The molecule has 1 aliphatic rings. The predicted molar refractivity (Wildman–Crippen MR) is 72.7 cm³/mol. The van der Waals surface area contributed by atoms with E-state index < -0.39 is 0 Å². The first-order valence-corrected chi connectivity index (χ1v) is 6.57. The molecule has 92 valence electrons. The van der Waals surface area contributed by atoms with E-state index in [9.17, 15) is 0 Å². The second-order valence-corrected chi connectivity index (χ2v) is 4.96. The molecule has 0 fully saturated rings. The summed E-state index contributed by atoms with van der Waals surface area (Å²) in [5.74, 6) is 5.65. The Labute approximate surface area is 108 Å². The maximum Gasteiger partial charge on any atom is 0.0511 e. The van der Waals surface area contributed by atoms with E-state index in [2.05, 4.69) is 11.5 Å². The molecule has 2 nitrogen and oxygen atoms in total. The van der Waals surface area contributed by atoms with Crippen LogP contribution in [0.4, 0.5) is 0 Å². The van der Waals surface area contributed by atoms with Gasteiger partial charge in [-0.05, 0) is 43.7 Å². The van der Waals surface area contributed by atoms with Gasteiger partial charge in [0.25, 0.3) is 0 Å². The first-order valence-electron chi connectivity index (χ1n) is 6.19. The van der Waals surface area contributed by atoms with Crippen LogP contribution < -0.4 is 11.3 Å². The predicted octanol–water partition coefficient (Wildman–Crippen LogP) is 3.73. The zero-order valence-corrected chi connectivity index (χ0v) is 10.7. The van der Waals surface area contributed by atoms with Crippen LogP contribution in [-0.2, 0) is 0 Å². The second kappa shape index (κ2) is 6.20. The average molecular weight is 251 g/mol. The summed E-state index contributed by atoms with van der Waals surface area (Å²) in [5.41, 5.74) is 5.47. The fourth-order valence-electron chi connectivity index (χ4n) is 2.37. The molecule has 1 aromatic carbocycles. The average Bonchev–Trinajstić information content (AvgIpc) is 2.38. The lowest BCUT2D eigenvalue weighted by Crippen LogP contribution is -2.28. The summed E-state index contributed by atoms with van der Waals surface area (Å²) >= 11 is 6.20. The Balaban J connectivity index is 2.11. The van der Waals surface area contributed by atoms with Crippen LogP contribution in [0.2, 0.25) is 5.02 Å². The van der Waals surface area contributed by atoms with Crippen molar-refractivity contribution < 1.29 is 0 Å². The Morgan fingerprint density at radius 3 is 2.76 bits per heavy atom. The normalized spacial score (nSPS) is 17.6. The van der Waals surface area contributed by atoms with Crippen molar-refractivity contribution in [3.63, 3.8) is 0 Å². The van der Waals surface area contributed by atoms with Gasteiger partial charge in [0.15, 0.2) is 0 Å². The van der Waals surface area contributed by atoms with Crippen molar-refractivity contribution in [3.8, 4) is 0 Å². The Morgan fingerprint density at radius 2 is 2.12 bits per heavy atom. The van der Waals surface area contributed by atoms with Crippen molar-refractivity contribution in [1.29, 1.82) is 0 Å². The SMILES string of the molecule is NNC(CC1=CCCCC1)c1ccccc1Cl. The number of nitrogens with one attached hydrogen (secondary N) is 1. The number of allylic oxidation sites excluding steroid dienone is 1. The fraction of sp³-hybridized carbons (Fsp3) is 0.429. The van der Waals surface area contributed by atoms with Crippen LogP contribution in [0.25, 0.3) is 0 Å². The van der Waals surface area contributed by atoms with Crippen LogP contribution in [-0.4, -0.2) is 0 Å². The van der Waals surface area contributed by atoms with E-state index in [-0.39, 0.29) is 6.04 Å². The molecule has 3 heteroatoms. The first kappa shape index (κ1) is 12.6. The molecule has 0 heterocycles. The maximum absolute atomic E-state index is 6.20. The molecule has 1 aliphatic carbocycles. The number of benzene rings is 1. The van der Waals surface area contributed by atoms with Crippen LogP contribution in [0.3, 0.4) is 0 Å². The van der Waals surface area contributed by atoms with E-state index in [4.69, 9.17) is 17.4 Å². The van der Waals surface area contributed by atoms with E-state index in [1.54, 1.807) is 0 Å². The number of hydrazine groups is 1. The first-order chi connectivity index (χ1) is 8.31. The largest absolute Gasteiger partial charge is 0.271 e. The van der Waals surface area contributed by atoms with Gasteiger partial charge in [0, 0.05) is 5.02 Å². The fourth-order valence-corrected chi connectivity index (χ4v) is 2.64. The van der Waals surface area contributed by atoms with Crippen molar-refractivity contribution in [2.45, 2.75) is 38.1 Å². The van der Waals surface area contributed by atoms with Gasteiger partial charge in [0.05, 0.1) is 6.04 Å². The molecule has 0 amide bonds. The highest BCUT2D eigenvalue weighted by atomic mass is 35.5. The number of nitrogens with two attached hydrogens (primary N) is 1. The molecule has 0 spiro atoms. The number of hydrogen-bond acceptors (Lipinski definition) is 2. The summed E-state index contributed by atoms with van der Waals surface area (Å²) in [5, 5.41) is 0.784. The summed E-state index contributed by atoms with van der Waals surface area (Å²) in [7, 11) is 0. The van der Waals surface area contributed by atoms with Crippen molar-refractivity contribution >= 4 is 11.6 Å². The van der Waals surface area contributed by atoms with Crippen molar-refractivity contribution in [1.82, 2.24) is 5.43 Å². The van der Waals surface area contributed by atoms with Gasteiger partial charge in [-0.2, -0.15) is 0 Å². The number of rotatable bonds is 4. The highest BCUT2D eigenvalue weighted by molar-refractivity contribution is 6.31. The molecule has 17 heavy (non-hydrogen) atoms. The van der Waals surface area contributed by atoms with Crippen molar-refractivity contribution in [2.24, 2.45) is 5.84 Å². The van der Waals surface area contributed by atoms with Gasteiger partial charge in [0.2, 0.25) is 0 Å². The zero-order chi connectivity index (χ0) is 12.1. The Bertz CT molecular complexity index is 401. The Hall–Kier alpha value is -0.830. The van der Waals surface area contributed by atoms with E-state index in [1.807, 2.05) is 24.3 Å². The van der Waals surface area contributed by atoms with Gasteiger partial charge < -0.3 is 0 Å². The van der Waals surface area contributed by atoms with E-state index in [1.165, 1.54) is 31.3 Å². The van der Waals surface area contributed by atoms with E-state index in [0.717, 1.165) is 17.0 Å². The Morgan fingerprint density at radius 1 is 1.29 bits per heavy atom. The summed E-state index contributed by atoms with van der Waals surface area (Å²) in [4.78, 5) is 0. The lowest BCUT2D eigenvalue weighted by Gasteiger charge is -2.21. The van der Waals surface area contributed by atoms with Crippen molar-refractivity contribution in [2.75, 3.05) is 0 Å². The molecule has 1 unspecified atom stereocenters. The second-order valence-electron chi connectivity index (χ2n) is 4.55. The van der Waals surface area contributed by atoms with Gasteiger partial charge in [-0.1, -0.05) is 41.4 Å². The highest BCUT2D eigenvalue weighted by Gasteiger charge is 2.15. The Kier molecular flexibility index (Phi) is 4.60. The molecule has 0 bridgehead atoms. The van der Waals surface area contributed by atoms with Gasteiger partial charge in [-0.25, -0.2) is 0 Å². The van der Waals surface area contributed by atoms with Gasteiger partial charge >= 0.3 is 0 Å². The van der Waals surface area contributed by atoms with Crippen molar-refractivity contribution in [3.05, 3.63) is 46.5 Å². The molecule has 0 aliphatic heterocycles. The molecule has 2 rings (SSSR count). The van der Waals surface area contributed by atoms with Crippen LogP contribution >= 0.6 is 11.6 Å². The van der Waals surface area contributed by atoms with E-state index >= 15 is 0 Å². The third kappa shape index (κ3) is 3.32. The van der Waals surface area contributed by atoms with Gasteiger partial charge in [0.1, 0.15) is 0 Å². The lowest BCUT2D eigenvalue weighted by molar-refractivity contribution is 0.529. The molecule has 3 N–H and O–H groups in total. The smallest absolute Gasteiger partial charge is 0.0511 e. The molecular weight excluding hydrogens is 232 g/mol. The maximum atomic E-state index is 6.20. The molecule has 0 radical (unpaired) electrons. The molecular formula is C14H19ClN2. The molecule has 0 saturated carbocycles. The third-order valence-electron chi connectivity index (χ3n) is 3.33. The molecule has 1 atom stereocenters. The summed E-state index contributed by atoms with van der Waals surface area (Å²) in [6, 6.07) is 8.01. The minimum absolute atomic E-state index is 0.119. The topological polar surface area (TPSA) is 38.0 Å². The minimum Gasteiger partial charge on any atom is -0.271 e. The van der Waals surface area contributed by atoms with E-state index in [0.29, 0.717) is 0 Å². The summed E-state index contributed by atoms with van der Waals surface area (Å²) in [6.07, 6.45) is 8.32. The summed E-state index contributed by atoms with van der Waals surface area (Å²) < 4.78 is 0. The highest BCUT2D eigenvalue weighted by Crippen LogP contribution is 2.30. The molecule has 1 aromatic rings. The van der Waals surface area contributed by atoms with Crippen LogP contribution in [0, 0.1) is 0 Å². The summed E-state index contributed by atoms with van der Waals surface area (Å²) in [6.45, 7) is 0. The van der Waals surface area contributed by atoms with Crippen LogP contribution in [0.5, 0.6) is 0 Å². The monoisotopic (exact) mass is 250 g/mol. The third-order valence-corrected chi connectivity index (χ3v) is 3.68. The standard InChI is InChI=1S/C14H19ClN2/c15-13-9-5-4-8-12(13)14(17-16)10-11-6-2-1-3-7-11/h4-6,8-9,14,17H,1-3,7,10,16H2. The van der Waals surface area contributed by atoms with Crippen LogP contribution in [0.15, 0.2) is 35.9 Å². The molecule has 0 saturated heterocycles. The molecule has 0 aromatic heterocycles. The number of hydrogen-bond donors (Lipinski definition) is 2. The zero-order valence-electron chi connectivity index (χ0n) is 9.95. The number of halogens is 1. The van der Waals surface area contributed by atoms with Gasteiger partial charge in [-0.15, -0.1) is 0 Å². The lowest BCUT2D eigenvalue weighted by atomic mass is 9.92. The van der Waals surface area contributed by atoms with Gasteiger partial charge in [-0.3, -0.25) is 11.3 Å². The van der Waals surface area contributed by atoms with Crippen LogP contribution in [0.1, 0.15) is 43.7 Å².